The number of ether oxygens (including phenoxy) is 1. The molecule has 0 aromatic heterocycles. The highest BCUT2D eigenvalue weighted by Gasteiger charge is 2.33. The molecule has 1 atom stereocenters. The Balaban J connectivity index is 1.63. The fourth-order valence-corrected chi connectivity index (χ4v) is 3.20. The molecule has 0 radical (unpaired) electrons. The summed E-state index contributed by atoms with van der Waals surface area (Å²) in [4.78, 5) is 26.6. The molecule has 3 rings (SSSR count). The number of amides is 3. The Hall–Kier alpha value is -3.02. The number of nitrogens with zero attached hydrogens (tertiary/aromatic N) is 1. The van der Waals surface area contributed by atoms with Gasteiger partial charge in [-0.2, -0.15) is 0 Å². The lowest BCUT2D eigenvalue weighted by Crippen LogP contribution is -2.43. The molecule has 6 heteroatoms. The Bertz CT molecular complexity index is 815. The lowest BCUT2D eigenvalue weighted by atomic mass is 10.1. The number of nitrogens with one attached hydrogen (secondary N) is 2. The lowest BCUT2D eigenvalue weighted by Gasteiger charge is -2.18. The number of anilines is 2. The highest BCUT2D eigenvalue weighted by molar-refractivity contribution is 6.02. The minimum absolute atomic E-state index is 0.0872. The molecule has 2 aromatic rings. The third kappa shape index (κ3) is 3.96. The van der Waals surface area contributed by atoms with Crippen LogP contribution in [0.15, 0.2) is 42.5 Å². The quantitative estimate of drug-likeness (QED) is 0.886. The van der Waals surface area contributed by atoms with Gasteiger partial charge in [-0.25, -0.2) is 4.79 Å². The molecule has 2 N–H and O–H groups in total. The molecular weight excluding hydrogens is 330 g/mol. The van der Waals surface area contributed by atoms with Crippen LogP contribution in [-0.2, 0) is 4.79 Å². The van der Waals surface area contributed by atoms with Crippen LogP contribution in [0.1, 0.15) is 17.5 Å². The molecule has 1 unspecified atom stereocenters. The van der Waals surface area contributed by atoms with Crippen molar-refractivity contribution >= 4 is 23.3 Å². The van der Waals surface area contributed by atoms with Crippen LogP contribution in [0, 0.1) is 13.8 Å². The van der Waals surface area contributed by atoms with Crippen molar-refractivity contribution in [1.29, 1.82) is 0 Å². The maximum Gasteiger partial charge on any atom is 0.319 e. The minimum atomic E-state index is -0.526. The minimum Gasteiger partial charge on any atom is -0.497 e. The highest BCUT2D eigenvalue weighted by Crippen LogP contribution is 2.24. The van der Waals surface area contributed by atoms with Gasteiger partial charge in [-0.05, 0) is 55.7 Å². The monoisotopic (exact) mass is 353 g/mol. The molecule has 1 fully saturated rings. The van der Waals surface area contributed by atoms with E-state index >= 15 is 0 Å². The van der Waals surface area contributed by atoms with Gasteiger partial charge in [0.05, 0.1) is 7.11 Å². The summed E-state index contributed by atoms with van der Waals surface area (Å²) in [5, 5.41) is 5.50. The average molecular weight is 353 g/mol. The van der Waals surface area contributed by atoms with Crippen LogP contribution in [0.5, 0.6) is 5.75 Å². The molecule has 0 saturated carbocycles. The summed E-state index contributed by atoms with van der Waals surface area (Å²) in [6, 6.07) is 12.2. The van der Waals surface area contributed by atoms with E-state index in [0.717, 1.165) is 16.8 Å². The second-order valence-electron chi connectivity index (χ2n) is 6.51. The van der Waals surface area contributed by atoms with Crippen LogP contribution in [0.4, 0.5) is 16.2 Å². The van der Waals surface area contributed by atoms with Crippen molar-refractivity contribution in [3.8, 4) is 5.75 Å². The Morgan fingerprint density at radius 1 is 1.15 bits per heavy atom. The number of hydrogen-bond acceptors (Lipinski definition) is 3. The Labute approximate surface area is 153 Å². The smallest absolute Gasteiger partial charge is 0.319 e. The van der Waals surface area contributed by atoms with Crippen LogP contribution in [-0.4, -0.2) is 31.6 Å². The Morgan fingerprint density at radius 3 is 2.58 bits per heavy atom. The van der Waals surface area contributed by atoms with Crippen molar-refractivity contribution in [2.75, 3.05) is 23.9 Å². The summed E-state index contributed by atoms with van der Waals surface area (Å²) in [6.45, 7) is 4.61. The van der Waals surface area contributed by atoms with Gasteiger partial charge >= 0.3 is 6.03 Å². The number of aryl methyl sites for hydroxylation is 2. The first-order valence-corrected chi connectivity index (χ1v) is 8.57. The number of urea groups is 1. The van der Waals surface area contributed by atoms with Crippen molar-refractivity contribution in [2.45, 2.75) is 26.3 Å². The van der Waals surface area contributed by atoms with Gasteiger partial charge in [-0.3, -0.25) is 4.79 Å². The molecule has 3 amide bonds. The van der Waals surface area contributed by atoms with Crippen molar-refractivity contribution in [1.82, 2.24) is 5.32 Å². The first kappa shape index (κ1) is 17.8. The maximum atomic E-state index is 12.7. The molecule has 0 spiro atoms. The summed E-state index contributed by atoms with van der Waals surface area (Å²) < 4.78 is 5.14. The molecule has 1 saturated heterocycles. The van der Waals surface area contributed by atoms with Gasteiger partial charge in [0.1, 0.15) is 11.8 Å². The van der Waals surface area contributed by atoms with Crippen molar-refractivity contribution in [3.63, 3.8) is 0 Å². The van der Waals surface area contributed by atoms with E-state index in [-0.39, 0.29) is 5.91 Å². The molecule has 0 bridgehead atoms. The number of carbonyl (C=O) groups is 2. The fourth-order valence-electron chi connectivity index (χ4n) is 3.20. The van der Waals surface area contributed by atoms with Crippen molar-refractivity contribution < 1.29 is 14.3 Å². The fraction of sp³-hybridized carbons (Fsp3) is 0.300. The summed E-state index contributed by atoms with van der Waals surface area (Å²) in [5.74, 6) is 0.566. The summed E-state index contributed by atoms with van der Waals surface area (Å²) >= 11 is 0. The van der Waals surface area contributed by atoms with E-state index in [0.29, 0.717) is 24.4 Å². The molecule has 1 aliphatic heterocycles. The highest BCUT2D eigenvalue weighted by atomic mass is 16.5. The number of rotatable bonds is 4. The van der Waals surface area contributed by atoms with Gasteiger partial charge in [0.15, 0.2) is 0 Å². The molecule has 1 aliphatic rings. The first-order valence-electron chi connectivity index (χ1n) is 8.57. The van der Waals surface area contributed by atoms with Crippen LogP contribution in [0.25, 0.3) is 0 Å². The molecule has 26 heavy (non-hydrogen) atoms. The Kier molecular flexibility index (Phi) is 5.11. The first-order chi connectivity index (χ1) is 12.5. The van der Waals surface area contributed by atoms with Crippen molar-refractivity contribution in [3.05, 3.63) is 53.6 Å². The van der Waals surface area contributed by atoms with E-state index in [9.17, 15) is 9.59 Å². The average Bonchev–Trinajstić information content (AvgIpc) is 2.94. The van der Waals surface area contributed by atoms with Gasteiger partial charge in [-0.1, -0.05) is 12.1 Å². The lowest BCUT2D eigenvalue weighted by molar-refractivity contribution is -0.118. The summed E-state index contributed by atoms with van der Waals surface area (Å²) in [6.07, 6.45) is 0.581. The van der Waals surface area contributed by atoms with Crippen LogP contribution in [0.2, 0.25) is 0 Å². The zero-order chi connectivity index (χ0) is 18.7. The van der Waals surface area contributed by atoms with E-state index in [1.807, 2.05) is 26.0 Å². The predicted molar refractivity (Wildman–Crippen MR) is 102 cm³/mol. The van der Waals surface area contributed by atoms with Crippen molar-refractivity contribution in [2.24, 2.45) is 0 Å². The second kappa shape index (κ2) is 7.47. The predicted octanol–water partition coefficient (Wildman–Crippen LogP) is 3.24. The SMILES string of the molecule is COc1cccc(NC(=O)NC2CCN(c3cc(C)cc(C)c3)C2=O)c1. The third-order valence-electron chi connectivity index (χ3n) is 4.36. The van der Waals surface area contributed by atoms with Gasteiger partial charge in [0.2, 0.25) is 5.91 Å². The van der Waals surface area contributed by atoms with Crippen LogP contribution >= 0.6 is 0 Å². The van der Waals surface area contributed by atoms with E-state index < -0.39 is 12.1 Å². The second-order valence-corrected chi connectivity index (χ2v) is 6.51. The standard InChI is InChI=1S/C20H23N3O3/c1-13-9-14(2)11-16(10-13)23-8-7-18(19(23)24)22-20(25)21-15-5-4-6-17(12-15)26-3/h4-6,9-12,18H,7-8H2,1-3H3,(H2,21,22,25). The summed E-state index contributed by atoms with van der Waals surface area (Å²) in [5.41, 5.74) is 3.71. The van der Waals surface area contributed by atoms with E-state index in [4.69, 9.17) is 4.74 Å². The number of methoxy groups -OCH3 is 1. The molecule has 6 nitrogen and oxygen atoms in total. The normalized spacial score (nSPS) is 16.5. The molecule has 0 aliphatic carbocycles. The van der Waals surface area contributed by atoms with Crippen LogP contribution in [0.3, 0.4) is 0 Å². The van der Waals surface area contributed by atoms with E-state index in [1.54, 1.807) is 36.3 Å². The molecule has 136 valence electrons. The maximum absolute atomic E-state index is 12.7. The Morgan fingerprint density at radius 2 is 1.88 bits per heavy atom. The van der Waals surface area contributed by atoms with E-state index in [2.05, 4.69) is 16.7 Å². The van der Waals surface area contributed by atoms with Crippen LogP contribution < -0.4 is 20.3 Å². The summed E-state index contributed by atoms with van der Waals surface area (Å²) in [7, 11) is 1.57. The number of hydrogen-bond donors (Lipinski definition) is 2. The molecular formula is C20H23N3O3. The van der Waals surface area contributed by atoms with Gasteiger partial charge in [-0.15, -0.1) is 0 Å². The third-order valence-corrected chi connectivity index (χ3v) is 4.36. The van der Waals surface area contributed by atoms with Gasteiger partial charge in [0, 0.05) is 24.0 Å². The van der Waals surface area contributed by atoms with Gasteiger partial charge < -0.3 is 20.3 Å². The largest absolute Gasteiger partial charge is 0.497 e. The number of carbonyl (C=O) groups excluding carboxylic acids is 2. The molecule has 2 aromatic carbocycles. The van der Waals surface area contributed by atoms with E-state index in [1.165, 1.54) is 0 Å². The molecule has 1 heterocycles. The topological polar surface area (TPSA) is 70.7 Å². The number of benzene rings is 2. The zero-order valence-corrected chi connectivity index (χ0v) is 15.2. The van der Waals surface area contributed by atoms with Gasteiger partial charge in [0.25, 0.3) is 0 Å². The zero-order valence-electron chi connectivity index (χ0n) is 15.2.